The Labute approximate surface area is 243 Å². The first-order valence-electron chi connectivity index (χ1n) is 15.9. The van der Waals surface area contributed by atoms with Crippen molar-refractivity contribution in [2.24, 2.45) is 0 Å². The smallest absolute Gasteiger partial charge is 0.335 e. The number of aromatic carboxylic acids is 1. The van der Waals surface area contributed by atoms with Crippen LogP contribution in [0.3, 0.4) is 0 Å². The summed E-state index contributed by atoms with van der Waals surface area (Å²) in [7, 11) is -3.66. The number of hydrogen-bond acceptors (Lipinski definition) is 5. The van der Waals surface area contributed by atoms with Gasteiger partial charge in [-0.05, 0) is 38.3 Å². The van der Waals surface area contributed by atoms with Crippen LogP contribution in [-0.2, 0) is 9.09 Å². The number of benzene rings is 1. The molecular formula is C32H57O7P. The molecule has 40 heavy (non-hydrogen) atoms. The molecule has 2 atom stereocenters. The van der Waals surface area contributed by atoms with Gasteiger partial charge in [-0.2, -0.15) is 0 Å². The number of unbranched alkanes of at least 4 members (excludes halogenated alkanes) is 15. The number of carboxylic acid groups (broad SMARTS) is 1. The normalized spacial score (nSPS) is 13.6. The molecule has 1 aromatic carbocycles. The Balaban J connectivity index is 2.17. The van der Waals surface area contributed by atoms with Gasteiger partial charge in [0.2, 0.25) is 0 Å². The largest absolute Gasteiger partial charge is 0.493 e. The molecule has 0 spiro atoms. The fourth-order valence-corrected chi connectivity index (χ4v) is 5.91. The maximum absolute atomic E-state index is 12.1. The van der Waals surface area contributed by atoms with E-state index in [0.717, 1.165) is 12.8 Å². The highest BCUT2D eigenvalue weighted by atomic mass is 31.2. The van der Waals surface area contributed by atoms with Gasteiger partial charge in [-0.1, -0.05) is 110 Å². The van der Waals surface area contributed by atoms with Gasteiger partial charge in [0.15, 0.2) is 0 Å². The lowest BCUT2D eigenvalue weighted by Crippen LogP contribution is -2.08. The van der Waals surface area contributed by atoms with E-state index in [1.807, 2.05) is 6.92 Å². The number of ether oxygens (including phenoxy) is 2. The highest BCUT2D eigenvalue weighted by Gasteiger charge is 2.21. The van der Waals surface area contributed by atoms with Crippen LogP contribution in [-0.4, -0.2) is 41.4 Å². The van der Waals surface area contributed by atoms with Gasteiger partial charge >= 0.3 is 13.6 Å². The molecule has 0 fully saturated rings. The summed E-state index contributed by atoms with van der Waals surface area (Å²) in [5.74, 6) is -0.221. The molecule has 232 valence electrons. The summed E-state index contributed by atoms with van der Waals surface area (Å²) < 4.78 is 28.8. The maximum Gasteiger partial charge on any atom is 0.335 e. The fraction of sp³-hybridized carbons (Fsp3) is 0.781. The van der Waals surface area contributed by atoms with Crippen molar-refractivity contribution in [2.75, 3.05) is 19.4 Å². The van der Waals surface area contributed by atoms with Crippen molar-refractivity contribution in [2.45, 2.75) is 142 Å². The van der Waals surface area contributed by atoms with Gasteiger partial charge in [-0.15, -0.1) is 0 Å². The van der Waals surface area contributed by atoms with Crippen LogP contribution < -0.4 is 9.47 Å². The van der Waals surface area contributed by atoms with Crippen LogP contribution in [0, 0.1) is 0 Å². The van der Waals surface area contributed by atoms with Crippen LogP contribution in [0.25, 0.3) is 0 Å². The highest BCUT2D eigenvalue weighted by Crippen LogP contribution is 2.44. The molecule has 0 amide bonds. The molecule has 0 aliphatic rings. The zero-order valence-corrected chi connectivity index (χ0v) is 26.4. The van der Waals surface area contributed by atoms with Crippen molar-refractivity contribution < 1.29 is 33.4 Å². The van der Waals surface area contributed by atoms with Gasteiger partial charge in [0.05, 0.1) is 31.0 Å². The lowest BCUT2D eigenvalue weighted by Gasteiger charge is -2.17. The van der Waals surface area contributed by atoms with Gasteiger partial charge in [0.25, 0.3) is 0 Å². The second-order valence-electron chi connectivity index (χ2n) is 11.0. The van der Waals surface area contributed by atoms with Gasteiger partial charge in [0, 0.05) is 6.07 Å². The van der Waals surface area contributed by atoms with Crippen molar-refractivity contribution in [1.82, 2.24) is 0 Å². The summed E-state index contributed by atoms with van der Waals surface area (Å²) in [5.41, 5.74) is 0.0902. The SMILES string of the molecule is CCCCCCCCCCCCCCCCCCOc1cc(OCCCP(=O)(O)OC(C)CC)cc(C(=O)O)c1. The minimum atomic E-state index is -3.66. The molecule has 0 heterocycles. The number of carbonyl (C=O) groups is 1. The van der Waals surface area contributed by atoms with E-state index in [1.165, 1.54) is 102 Å². The van der Waals surface area contributed by atoms with Gasteiger partial charge in [0.1, 0.15) is 11.5 Å². The first-order chi connectivity index (χ1) is 19.3. The summed E-state index contributed by atoms with van der Waals surface area (Å²) in [6.45, 7) is 6.63. The van der Waals surface area contributed by atoms with E-state index < -0.39 is 13.6 Å². The van der Waals surface area contributed by atoms with Crippen molar-refractivity contribution >= 4 is 13.6 Å². The minimum absolute atomic E-state index is 0.0153. The first kappa shape index (κ1) is 36.5. The van der Waals surface area contributed by atoms with Crippen LogP contribution in [0.1, 0.15) is 147 Å². The Kier molecular flexibility index (Phi) is 21.0. The van der Waals surface area contributed by atoms with E-state index >= 15 is 0 Å². The second kappa shape index (κ2) is 23.1. The molecular weight excluding hydrogens is 527 g/mol. The number of carboxylic acids is 1. The molecule has 0 aromatic heterocycles. The van der Waals surface area contributed by atoms with Crippen LogP contribution in [0.5, 0.6) is 11.5 Å². The molecule has 8 heteroatoms. The molecule has 0 radical (unpaired) electrons. The molecule has 2 N–H and O–H groups in total. The molecule has 0 saturated carbocycles. The van der Waals surface area contributed by atoms with Gasteiger partial charge < -0.3 is 24.0 Å². The summed E-state index contributed by atoms with van der Waals surface area (Å²) in [6, 6.07) is 4.62. The number of hydrogen-bond donors (Lipinski definition) is 2. The Hall–Kier alpha value is -1.56. The molecule has 0 aliphatic carbocycles. The fourth-order valence-electron chi connectivity index (χ4n) is 4.56. The maximum atomic E-state index is 12.1. The molecule has 1 rings (SSSR count). The average Bonchev–Trinajstić information content (AvgIpc) is 2.92. The Morgan fingerprint density at radius 1 is 0.725 bits per heavy atom. The van der Waals surface area contributed by atoms with E-state index in [4.69, 9.17) is 14.0 Å². The Bertz CT molecular complexity index is 829. The first-order valence-corrected chi connectivity index (χ1v) is 17.7. The van der Waals surface area contributed by atoms with Crippen molar-refractivity contribution in [3.8, 4) is 11.5 Å². The molecule has 0 saturated heterocycles. The summed E-state index contributed by atoms with van der Waals surface area (Å²) in [4.78, 5) is 21.5. The molecule has 2 unspecified atom stereocenters. The third-order valence-corrected chi connectivity index (χ3v) is 8.74. The quantitative estimate of drug-likeness (QED) is 0.0783. The predicted molar refractivity (Wildman–Crippen MR) is 164 cm³/mol. The van der Waals surface area contributed by atoms with E-state index in [-0.39, 0.29) is 24.4 Å². The molecule has 0 aliphatic heterocycles. The summed E-state index contributed by atoms with van der Waals surface area (Å²) in [5, 5.41) is 9.44. The van der Waals surface area contributed by atoms with Gasteiger partial charge in [-0.3, -0.25) is 4.57 Å². The summed E-state index contributed by atoms with van der Waals surface area (Å²) in [6.07, 6.45) is 21.7. The number of rotatable bonds is 27. The Morgan fingerprint density at radius 2 is 1.15 bits per heavy atom. The second-order valence-corrected chi connectivity index (χ2v) is 13.0. The monoisotopic (exact) mass is 584 g/mol. The van der Waals surface area contributed by atoms with E-state index in [2.05, 4.69) is 6.92 Å². The van der Waals surface area contributed by atoms with Crippen molar-refractivity contribution in [1.29, 1.82) is 0 Å². The van der Waals surface area contributed by atoms with Crippen LogP contribution in [0.15, 0.2) is 18.2 Å². The highest BCUT2D eigenvalue weighted by molar-refractivity contribution is 7.52. The minimum Gasteiger partial charge on any atom is -0.493 e. The Morgan fingerprint density at radius 3 is 1.57 bits per heavy atom. The third-order valence-electron chi connectivity index (χ3n) is 7.17. The van der Waals surface area contributed by atoms with Crippen LogP contribution in [0.4, 0.5) is 0 Å². The summed E-state index contributed by atoms with van der Waals surface area (Å²) >= 11 is 0. The molecule has 0 bridgehead atoms. The van der Waals surface area contributed by atoms with Crippen molar-refractivity contribution in [3.05, 3.63) is 23.8 Å². The van der Waals surface area contributed by atoms with Crippen LogP contribution >= 0.6 is 7.60 Å². The molecule has 1 aromatic rings. The third kappa shape index (κ3) is 19.5. The van der Waals surface area contributed by atoms with E-state index in [0.29, 0.717) is 30.9 Å². The lowest BCUT2D eigenvalue weighted by atomic mass is 10.0. The standard InChI is InChI=1S/C32H57O7P/c1-4-6-7-8-9-10-11-12-13-14-15-16-17-18-19-20-22-37-30-25-29(32(33)34)26-31(27-30)38-23-21-24-40(35,36)39-28(3)5-2/h25-28H,4-24H2,1-3H3,(H,33,34)(H,35,36). The lowest BCUT2D eigenvalue weighted by molar-refractivity contribution is 0.0695. The van der Waals surface area contributed by atoms with E-state index in [1.54, 1.807) is 13.0 Å². The van der Waals surface area contributed by atoms with Gasteiger partial charge in [-0.25, -0.2) is 4.79 Å². The zero-order chi connectivity index (χ0) is 29.5. The predicted octanol–water partition coefficient (Wildman–Crippen LogP) is 9.79. The zero-order valence-electron chi connectivity index (χ0n) is 25.5. The van der Waals surface area contributed by atoms with E-state index in [9.17, 15) is 19.4 Å². The van der Waals surface area contributed by atoms with Crippen molar-refractivity contribution in [3.63, 3.8) is 0 Å². The molecule has 7 nitrogen and oxygen atoms in total. The average molecular weight is 585 g/mol. The van der Waals surface area contributed by atoms with Crippen LogP contribution in [0.2, 0.25) is 0 Å². The topological polar surface area (TPSA) is 102 Å².